The minimum atomic E-state index is -4.04. The highest BCUT2D eigenvalue weighted by Gasteiger charge is 2.33. The van der Waals surface area contributed by atoms with Crippen molar-refractivity contribution in [3.8, 4) is 0 Å². The SMILES string of the molecule is CCc1ccc(N(CC(=O)N(CCc2ccccc2)[C@H](CC)C(=O)NC)S(=O)(=O)c2ccccc2)cc1. The smallest absolute Gasteiger partial charge is 0.264 e. The van der Waals surface area contributed by atoms with E-state index in [4.69, 9.17) is 0 Å². The van der Waals surface area contributed by atoms with Crippen LogP contribution < -0.4 is 9.62 Å². The zero-order chi connectivity index (χ0) is 26.8. The van der Waals surface area contributed by atoms with E-state index in [1.165, 1.54) is 24.1 Å². The van der Waals surface area contributed by atoms with Crippen LogP contribution in [0.2, 0.25) is 0 Å². The van der Waals surface area contributed by atoms with Crippen LogP contribution in [-0.2, 0) is 32.5 Å². The standard InChI is InChI=1S/C29H35N3O4S/c1-4-23-16-18-25(19-17-23)32(37(35,36)26-14-10-7-11-15-26)22-28(33)31(27(5-2)29(34)30-3)21-20-24-12-8-6-9-13-24/h6-19,27H,4-5,20-22H2,1-3H3,(H,30,34)/t27-/m1/s1. The Balaban J connectivity index is 1.99. The molecule has 0 bridgehead atoms. The molecular weight excluding hydrogens is 486 g/mol. The van der Waals surface area contributed by atoms with E-state index in [0.29, 0.717) is 18.5 Å². The Morgan fingerprint density at radius 2 is 1.43 bits per heavy atom. The summed E-state index contributed by atoms with van der Waals surface area (Å²) in [6, 6.07) is 24.2. The fourth-order valence-electron chi connectivity index (χ4n) is 4.21. The summed E-state index contributed by atoms with van der Waals surface area (Å²) in [5, 5.41) is 2.64. The maximum atomic E-state index is 13.8. The number of carbonyl (C=O) groups is 2. The normalized spacial score (nSPS) is 12.0. The highest BCUT2D eigenvalue weighted by Crippen LogP contribution is 2.25. The van der Waals surface area contributed by atoms with E-state index in [1.807, 2.05) is 56.3 Å². The Labute approximate surface area is 220 Å². The molecule has 7 nitrogen and oxygen atoms in total. The maximum Gasteiger partial charge on any atom is 0.264 e. The number of nitrogens with zero attached hydrogens (tertiary/aromatic N) is 2. The van der Waals surface area contributed by atoms with Gasteiger partial charge < -0.3 is 10.2 Å². The molecular formula is C29H35N3O4S. The number of hydrogen-bond donors (Lipinski definition) is 1. The second-order valence-electron chi connectivity index (χ2n) is 8.71. The Morgan fingerprint density at radius 1 is 0.838 bits per heavy atom. The highest BCUT2D eigenvalue weighted by atomic mass is 32.2. The van der Waals surface area contributed by atoms with Gasteiger partial charge in [0.15, 0.2) is 0 Å². The lowest BCUT2D eigenvalue weighted by Crippen LogP contribution is -2.52. The minimum Gasteiger partial charge on any atom is -0.357 e. The summed E-state index contributed by atoms with van der Waals surface area (Å²) in [6.07, 6.45) is 1.75. The molecule has 0 aliphatic heterocycles. The summed E-state index contributed by atoms with van der Waals surface area (Å²) in [7, 11) is -2.51. The van der Waals surface area contributed by atoms with Crippen LogP contribution in [0, 0.1) is 0 Å². The average molecular weight is 522 g/mol. The van der Waals surface area contributed by atoms with Crippen molar-refractivity contribution in [2.45, 2.75) is 44.0 Å². The molecule has 3 rings (SSSR count). The summed E-state index contributed by atoms with van der Waals surface area (Å²) in [5.74, 6) is -0.723. The molecule has 3 aromatic rings. The molecule has 37 heavy (non-hydrogen) atoms. The van der Waals surface area contributed by atoms with E-state index < -0.39 is 28.5 Å². The quantitative estimate of drug-likeness (QED) is 0.390. The predicted octanol–water partition coefficient (Wildman–Crippen LogP) is 4.04. The number of amides is 2. The van der Waals surface area contributed by atoms with Crippen molar-refractivity contribution >= 4 is 27.5 Å². The van der Waals surface area contributed by atoms with E-state index in [-0.39, 0.29) is 17.3 Å². The third-order valence-electron chi connectivity index (χ3n) is 6.36. The Kier molecular flexibility index (Phi) is 9.85. The van der Waals surface area contributed by atoms with Crippen molar-refractivity contribution in [2.75, 3.05) is 24.4 Å². The molecule has 0 saturated heterocycles. The first kappa shape index (κ1) is 27.9. The summed E-state index contributed by atoms with van der Waals surface area (Å²) < 4.78 is 28.6. The zero-order valence-electron chi connectivity index (χ0n) is 21.6. The van der Waals surface area contributed by atoms with Crippen molar-refractivity contribution in [1.29, 1.82) is 0 Å². The molecule has 0 aliphatic rings. The second kappa shape index (κ2) is 13.1. The lowest BCUT2D eigenvalue weighted by atomic mass is 10.1. The number of likely N-dealkylation sites (N-methyl/N-ethyl adjacent to an activating group) is 1. The first-order valence-corrected chi connectivity index (χ1v) is 14.0. The van der Waals surface area contributed by atoms with Gasteiger partial charge >= 0.3 is 0 Å². The van der Waals surface area contributed by atoms with Gasteiger partial charge in [-0.2, -0.15) is 0 Å². The van der Waals surface area contributed by atoms with Gasteiger partial charge in [-0.3, -0.25) is 13.9 Å². The van der Waals surface area contributed by atoms with Gasteiger partial charge in [0.05, 0.1) is 10.6 Å². The molecule has 0 aromatic heterocycles. The summed E-state index contributed by atoms with van der Waals surface area (Å²) in [5.41, 5.74) is 2.48. The Bertz CT molecular complexity index is 1260. The highest BCUT2D eigenvalue weighted by molar-refractivity contribution is 7.92. The molecule has 196 valence electrons. The fraction of sp³-hybridized carbons (Fsp3) is 0.310. The molecule has 0 saturated carbocycles. The topological polar surface area (TPSA) is 86.8 Å². The molecule has 0 fully saturated rings. The van der Waals surface area contributed by atoms with Crippen LogP contribution in [0.4, 0.5) is 5.69 Å². The number of benzene rings is 3. The van der Waals surface area contributed by atoms with Crippen LogP contribution in [0.5, 0.6) is 0 Å². The number of rotatable bonds is 12. The lowest BCUT2D eigenvalue weighted by Gasteiger charge is -2.33. The molecule has 1 atom stereocenters. The molecule has 0 spiro atoms. The molecule has 0 radical (unpaired) electrons. The predicted molar refractivity (Wildman–Crippen MR) is 147 cm³/mol. The maximum absolute atomic E-state index is 13.8. The Hall–Kier alpha value is -3.65. The molecule has 0 unspecified atom stereocenters. The molecule has 0 aliphatic carbocycles. The first-order valence-electron chi connectivity index (χ1n) is 12.5. The zero-order valence-corrected chi connectivity index (χ0v) is 22.4. The number of aryl methyl sites for hydroxylation is 1. The van der Waals surface area contributed by atoms with Crippen LogP contribution in [0.1, 0.15) is 31.4 Å². The molecule has 2 amide bonds. The average Bonchev–Trinajstić information content (AvgIpc) is 2.94. The van der Waals surface area contributed by atoms with E-state index in [9.17, 15) is 18.0 Å². The van der Waals surface area contributed by atoms with Gasteiger partial charge in [0.2, 0.25) is 11.8 Å². The summed E-state index contributed by atoms with van der Waals surface area (Å²) in [6.45, 7) is 3.71. The van der Waals surface area contributed by atoms with Crippen LogP contribution in [-0.4, -0.2) is 51.3 Å². The summed E-state index contributed by atoms with van der Waals surface area (Å²) >= 11 is 0. The van der Waals surface area contributed by atoms with Gasteiger partial charge in [0.25, 0.3) is 10.0 Å². The molecule has 3 aromatic carbocycles. The molecule has 0 heterocycles. The van der Waals surface area contributed by atoms with E-state index in [1.54, 1.807) is 30.3 Å². The number of hydrogen-bond acceptors (Lipinski definition) is 4. The number of nitrogens with one attached hydrogen (secondary N) is 1. The fourth-order valence-corrected chi connectivity index (χ4v) is 5.64. The minimum absolute atomic E-state index is 0.0940. The van der Waals surface area contributed by atoms with Gasteiger partial charge in [0, 0.05) is 13.6 Å². The molecule has 8 heteroatoms. The third-order valence-corrected chi connectivity index (χ3v) is 8.15. The van der Waals surface area contributed by atoms with Crippen molar-refractivity contribution in [3.63, 3.8) is 0 Å². The summed E-state index contributed by atoms with van der Waals surface area (Å²) in [4.78, 5) is 28.1. The third kappa shape index (κ3) is 6.98. The van der Waals surface area contributed by atoms with E-state index >= 15 is 0 Å². The van der Waals surface area contributed by atoms with Crippen molar-refractivity contribution < 1.29 is 18.0 Å². The second-order valence-corrected chi connectivity index (χ2v) is 10.6. The largest absolute Gasteiger partial charge is 0.357 e. The van der Waals surface area contributed by atoms with Crippen LogP contribution in [0.15, 0.2) is 89.8 Å². The van der Waals surface area contributed by atoms with Crippen LogP contribution >= 0.6 is 0 Å². The Morgan fingerprint density at radius 3 is 1.97 bits per heavy atom. The van der Waals surface area contributed by atoms with Crippen molar-refractivity contribution in [1.82, 2.24) is 10.2 Å². The van der Waals surface area contributed by atoms with Crippen LogP contribution in [0.3, 0.4) is 0 Å². The molecule has 1 N–H and O–H groups in total. The van der Waals surface area contributed by atoms with Gasteiger partial charge in [-0.15, -0.1) is 0 Å². The van der Waals surface area contributed by atoms with Gasteiger partial charge in [-0.1, -0.05) is 74.5 Å². The van der Waals surface area contributed by atoms with Crippen molar-refractivity contribution in [2.24, 2.45) is 0 Å². The van der Waals surface area contributed by atoms with E-state index in [2.05, 4.69) is 5.32 Å². The van der Waals surface area contributed by atoms with Gasteiger partial charge in [0.1, 0.15) is 12.6 Å². The lowest BCUT2D eigenvalue weighted by molar-refractivity contribution is -0.139. The van der Waals surface area contributed by atoms with Gasteiger partial charge in [-0.25, -0.2) is 8.42 Å². The first-order chi connectivity index (χ1) is 17.8. The monoisotopic (exact) mass is 521 g/mol. The van der Waals surface area contributed by atoms with E-state index in [0.717, 1.165) is 21.9 Å². The number of carbonyl (C=O) groups excluding carboxylic acids is 2. The number of sulfonamides is 1. The van der Waals surface area contributed by atoms with Crippen molar-refractivity contribution in [3.05, 3.63) is 96.1 Å². The number of anilines is 1. The van der Waals surface area contributed by atoms with Crippen LogP contribution in [0.25, 0.3) is 0 Å². The van der Waals surface area contributed by atoms with Gasteiger partial charge in [-0.05, 0) is 54.7 Å².